The molecule has 156 valence electrons. The molecule has 0 radical (unpaired) electrons. The number of rotatable bonds is 6. The first-order valence-corrected chi connectivity index (χ1v) is 11.3. The Morgan fingerprint density at radius 1 is 1.07 bits per heavy atom. The van der Waals surface area contributed by atoms with Gasteiger partial charge in [-0.3, -0.25) is 9.78 Å². The van der Waals surface area contributed by atoms with Crippen LogP contribution in [0.4, 0.5) is 0 Å². The molecule has 0 saturated carbocycles. The zero-order valence-electron chi connectivity index (χ0n) is 17.1. The third-order valence-corrected chi connectivity index (χ3v) is 6.16. The van der Waals surface area contributed by atoms with Crippen molar-refractivity contribution in [1.82, 2.24) is 10.3 Å². The summed E-state index contributed by atoms with van der Waals surface area (Å²) in [4.78, 5) is 17.4. The van der Waals surface area contributed by atoms with E-state index in [0.29, 0.717) is 16.7 Å². The zero-order valence-corrected chi connectivity index (χ0v) is 17.9. The molecule has 0 spiro atoms. The van der Waals surface area contributed by atoms with Gasteiger partial charge in [-0.1, -0.05) is 36.4 Å². The molecule has 0 aliphatic carbocycles. The highest BCUT2D eigenvalue weighted by Gasteiger charge is 2.22. The van der Waals surface area contributed by atoms with Crippen LogP contribution in [-0.2, 0) is 9.84 Å². The summed E-state index contributed by atoms with van der Waals surface area (Å²) in [6.45, 7) is 3.15. The number of aliphatic hydroxyl groups excluding tert-OH is 1. The Balaban J connectivity index is 2.05. The van der Waals surface area contributed by atoms with Crippen molar-refractivity contribution in [1.29, 1.82) is 0 Å². The number of nitrogens with one attached hydrogen (secondary N) is 1. The Morgan fingerprint density at radius 3 is 2.33 bits per heavy atom. The first-order valence-electron chi connectivity index (χ1n) is 9.45. The predicted octanol–water partition coefficient (Wildman–Crippen LogP) is 3.23. The van der Waals surface area contributed by atoms with Gasteiger partial charge >= 0.3 is 0 Å². The molecule has 0 aliphatic rings. The number of aryl methyl sites for hydroxylation is 1. The molecule has 0 aliphatic heterocycles. The molecule has 7 heteroatoms. The summed E-state index contributed by atoms with van der Waals surface area (Å²) in [6.07, 6.45) is 2.73. The SMILES string of the molecule is Cc1ccc(C(CO)NC(=O)c2cc(-c3ccccc3)cc(S(C)(=O)=O)c2C)cn1. The van der Waals surface area contributed by atoms with Crippen LogP contribution < -0.4 is 5.32 Å². The van der Waals surface area contributed by atoms with Crippen LogP contribution in [-0.4, -0.2) is 37.3 Å². The van der Waals surface area contributed by atoms with Crippen molar-refractivity contribution < 1.29 is 18.3 Å². The van der Waals surface area contributed by atoms with Crippen molar-refractivity contribution in [2.24, 2.45) is 0 Å². The first-order chi connectivity index (χ1) is 14.2. The summed E-state index contributed by atoms with van der Waals surface area (Å²) in [6, 6.07) is 15.5. The Hall–Kier alpha value is -3.03. The maximum Gasteiger partial charge on any atom is 0.252 e. The Bertz CT molecular complexity index is 1160. The molecule has 1 heterocycles. The van der Waals surface area contributed by atoms with Gasteiger partial charge in [0.15, 0.2) is 9.84 Å². The van der Waals surface area contributed by atoms with Crippen LogP contribution in [0.15, 0.2) is 65.7 Å². The lowest BCUT2D eigenvalue weighted by Gasteiger charge is -2.19. The van der Waals surface area contributed by atoms with E-state index in [4.69, 9.17) is 0 Å². The van der Waals surface area contributed by atoms with E-state index in [9.17, 15) is 18.3 Å². The van der Waals surface area contributed by atoms with E-state index in [2.05, 4.69) is 10.3 Å². The lowest BCUT2D eigenvalue weighted by Crippen LogP contribution is -2.31. The summed E-state index contributed by atoms with van der Waals surface area (Å²) in [5, 5.41) is 12.6. The third-order valence-electron chi connectivity index (χ3n) is 4.94. The van der Waals surface area contributed by atoms with Crippen LogP contribution >= 0.6 is 0 Å². The molecule has 2 aromatic carbocycles. The highest BCUT2D eigenvalue weighted by Crippen LogP contribution is 2.29. The largest absolute Gasteiger partial charge is 0.394 e. The van der Waals surface area contributed by atoms with Crippen LogP contribution in [0.5, 0.6) is 0 Å². The number of carbonyl (C=O) groups is 1. The lowest BCUT2D eigenvalue weighted by atomic mass is 9.98. The van der Waals surface area contributed by atoms with E-state index in [-0.39, 0.29) is 17.1 Å². The fourth-order valence-corrected chi connectivity index (χ4v) is 4.27. The molecule has 1 aromatic heterocycles. The number of nitrogens with zero attached hydrogens (tertiary/aromatic N) is 1. The van der Waals surface area contributed by atoms with Crippen LogP contribution in [0.3, 0.4) is 0 Å². The molecule has 0 fully saturated rings. The second kappa shape index (κ2) is 8.77. The number of hydrogen-bond acceptors (Lipinski definition) is 5. The van der Waals surface area contributed by atoms with Gasteiger partial charge in [-0.25, -0.2) is 8.42 Å². The number of sulfone groups is 1. The molecule has 6 nitrogen and oxygen atoms in total. The molecule has 1 unspecified atom stereocenters. The standard InChI is InChI=1S/C23H24N2O4S/c1-15-9-10-18(13-24-15)21(14-26)25-23(27)20-11-19(17-7-5-4-6-8-17)12-22(16(20)2)30(3,28)29/h4-13,21,26H,14H2,1-3H3,(H,25,27). The van der Waals surface area contributed by atoms with Gasteiger partial charge in [-0.05, 0) is 54.3 Å². The highest BCUT2D eigenvalue weighted by molar-refractivity contribution is 7.90. The molecular weight excluding hydrogens is 400 g/mol. The Kier molecular flexibility index (Phi) is 6.34. The van der Waals surface area contributed by atoms with Crippen molar-refractivity contribution >= 4 is 15.7 Å². The average molecular weight is 425 g/mol. The molecule has 0 bridgehead atoms. The average Bonchev–Trinajstić information content (AvgIpc) is 2.72. The number of hydrogen-bond donors (Lipinski definition) is 2. The minimum atomic E-state index is -3.55. The van der Waals surface area contributed by atoms with Gasteiger partial charge in [0.2, 0.25) is 0 Å². The second-order valence-corrected chi connectivity index (χ2v) is 9.21. The molecular formula is C23H24N2O4S. The second-order valence-electron chi connectivity index (χ2n) is 7.23. The van der Waals surface area contributed by atoms with Gasteiger partial charge in [0.1, 0.15) is 0 Å². The maximum atomic E-state index is 13.1. The van der Waals surface area contributed by atoms with Crippen molar-refractivity contribution in [2.75, 3.05) is 12.9 Å². The molecule has 3 aromatic rings. The zero-order chi connectivity index (χ0) is 21.9. The van der Waals surface area contributed by atoms with Gasteiger partial charge in [-0.15, -0.1) is 0 Å². The van der Waals surface area contributed by atoms with Crippen molar-refractivity contribution in [3.63, 3.8) is 0 Å². The van der Waals surface area contributed by atoms with E-state index in [1.807, 2.05) is 37.3 Å². The maximum absolute atomic E-state index is 13.1. The number of benzene rings is 2. The quantitative estimate of drug-likeness (QED) is 0.633. The smallest absolute Gasteiger partial charge is 0.252 e. The first kappa shape index (κ1) is 21.7. The molecule has 1 amide bonds. The van der Waals surface area contributed by atoms with E-state index >= 15 is 0 Å². The van der Waals surface area contributed by atoms with Crippen molar-refractivity contribution in [3.05, 3.63) is 83.2 Å². The summed E-state index contributed by atoms with van der Waals surface area (Å²) in [5.41, 5.74) is 3.54. The lowest BCUT2D eigenvalue weighted by molar-refractivity contribution is 0.0915. The number of amides is 1. The summed E-state index contributed by atoms with van der Waals surface area (Å²) >= 11 is 0. The molecule has 30 heavy (non-hydrogen) atoms. The van der Waals surface area contributed by atoms with E-state index < -0.39 is 21.8 Å². The molecule has 3 rings (SSSR count). The highest BCUT2D eigenvalue weighted by atomic mass is 32.2. The van der Waals surface area contributed by atoms with Gasteiger partial charge in [-0.2, -0.15) is 0 Å². The number of aliphatic hydroxyl groups is 1. The molecule has 2 N–H and O–H groups in total. The third kappa shape index (κ3) is 4.75. The summed E-state index contributed by atoms with van der Waals surface area (Å²) in [7, 11) is -3.55. The minimum Gasteiger partial charge on any atom is -0.394 e. The van der Waals surface area contributed by atoms with Crippen LogP contribution in [0.25, 0.3) is 11.1 Å². The predicted molar refractivity (Wildman–Crippen MR) is 116 cm³/mol. The summed E-state index contributed by atoms with van der Waals surface area (Å²) < 4.78 is 24.7. The number of carbonyl (C=O) groups excluding carboxylic acids is 1. The van der Waals surface area contributed by atoms with Gasteiger partial charge in [0.05, 0.1) is 17.5 Å². The van der Waals surface area contributed by atoms with Crippen LogP contribution in [0.1, 0.15) is 33.2 Å². The molecule has 0 saturated heterocycles. The van der Waals surface area contributed by atoms with E-state index in [1.165, 1.54) is 0 Å². The van der Waals surface area contributed by atoms with Gasteiger partial charge < -0.3 is 10.4 Å². The Morgan fingerprint density at radius 2 is 1.77 bits per heavy atom. The van der Waals surface area contributed by atoms with Gasteiger partial charge in [0, 0.05) is 23.7 Å². The molecule has 1 atom stereocenters. The van der Waals surface area contributed by atoms with Gasteiger partial charge in [0.25, 0.3) is 5.91 Å². The van der Waals surface area contributed by atoms with Crippen molar-refractivity contribution in [2.45, 2.75) is 24.8 Å². The number of pyridine rings is 1. The minimum absolute atomic E-state index is 0.103. The number of aromatic nitrogens is 1. The monoisotopic (exact) mass is 424 g/mol. The summed E-state index contributed by atoms with van der Waals surface area (Å²) in [5.74, 6) is -0.463. The fourth-order valence-electron chi connectivity index (χ4n) is 3.26. The van der Waals surface area contributed by atoms with E-state index in [0.717, 1.165) is 17.5 Å². The topological polar surface area (TPSA) is 96.4 Å². The Labute approximate surface area is 176 Å². The fraction of sp³-hybridized carbons (Fsp3) is 0.217. The van der Waals surface area contributed by atoms with E-state index in [1.54, 1.807) is 37.4 Å². The van der Waals surface area contributed by atoms with Crippen LogP contribution in [0.2, 0.25) is 0 Å². The van der Waals surface area contributed by atoms with Crippen molar-refractivity contribution in [3.8, 4) is 11.1 Å². The van der Waals surface area contributed by atoms with Crippen LogP contribution in [0, 0.1) is 13.8 Å². The normalized spacial score (nSPS) is 12.4.